The van der Waals surface area contributed by atoms with Gasteiger partial charge in [0.05, 0.1) is 0 Å². The van der Waals surface area contributed by atoms with Crippen LogP contribution in [0.25, 0.3) is 6.08 Å². The van der Waals surface area contributed by atoms with Crippen LogP contribution in [0.4, 0.5) is 8.78 Å². The number of allylic oxidation sites excluding steroid dienone is 2. The summed E-state index contributed by atoms with van der Waals surface area (Å²) in [7, 11) is 0. The molecule has 0 nitrogen and oxygen atoms in total. The fourth-order valence-corrected chi connectivity index (χ4v) is 5.41. The van der Waals surface area contributed by atoms with Crippen molar-refractivity contribution in [1.29, 1.82) is 0 Å². The number of rotatable bonds is 18. The molecule has 0 aliphatic heterocycles. The normalized spacial score (nSPS) is 15.0. The molecule has 0 aliphatic carbocycles. The standard InChI is InChI=1S/C36H60F2/c1-28(2)33(6,7)27-35(10,34(8,9)29(3)4)30(5)19-16-14-12-13-15-17-20-31-22-24-32(25-23-31)21-18-26-36(11,37)38/h18,21-25,28-29H,5,12-17,19-20,26-27H2,1-4,6-11H3/b21-18+. The van der Waals surface area contributed by atoms with Gasteiger partial charge < -0.3 is 0 Å². The van der Waals surface area contributed by atoms with Crippen LogP contribution in [0.15, 0.2) is 42.5 Å². The highest BCUT2D eigenvalue weighted by Crippen LogP contribution is 2.56. The predicted molar refractivity (Wildman–Crippen MR) is 166 cm³/mol. The van der Waals surface area contributed by atoms with Gasteiger partial charge in [0.15, 0.2) is 0 Å². The zero-order valence-electron chi connectivity index (χ0n) is 26.7. The Bertz CT molecular complexity index is 848. The number of benzene rings is 1. The third-order valence-electron chi connectivity index (χ3n) is 9.98. The molecule has 0 amide bonds. The van der Waals surface area contributed by atoms with E-state index < -0.39 is 5.92 Å². The highest BCUT2D eigenvalue weighted by Gasteiger charge is 2.47. The molecule has 1 unspecified atom stereocenters. The smallest absolute Gasteiger partial charge is 0.207 e. The van der Waals surface area contributed by atoms with Crippen molar-refractivity contribution in [2.75, 3.05) is 0 Å². The maximum atomic E-state index is 12.9. The van der Waals surface area contributed by atoms with E-state index >= 15 is 0 Å². The Labute approximate surface area is 235 Å². The molecule has 0 spiro atoms. The van der Waals surface area contributed by atoms with E-state index in [1.54, 1.807) is 12.2 Å². The minimum Gasteiger partial charge on any atom is -0.207 e. The monoisotopic (exact) mass is 530 g/mol. The van der Waals surface area contributed by atoms with E-state index in [9.17, 15) is 8.78 Å². The Morgan fingerprint density at radius 2 is 1.32 bits per heavy atom. The summed E-state index contributed by atoms with van der Waals surface area (Å²) in [6.45, 7) is 27.4. The number of unbranched alkanes of at least 4 members (excludes halogenated alkanes) is 5. The van der Waals surface area contributed by atoms with Crippen molar-refractivity contribution in [3.63, 3.8) is 0 Å². The molecule has 1 aromatic rings. The van der Waals surface area contributed by atoms with E-state index in [1.807, 2.05) is 12.1 Å². The SMILES string of the molecule is C=C(CCCCCCCCc1ccc(/C=C/CC(C)(F)F)cc1)C(C)(CC(C)(C)C(C)C)C(C)(C)C(C)C. The maximum Gasteiger partial charge on any atom is 0.248 e. The largest absolute Gasteiger partial charge is 0.248 e. The first kappa shape index (κ1) is 34.6. The van der Waals surface area contributed by atoms with Crippen molar-refractivity contribution in [2.24, 2.45) is 28.1 Å². The summed E-state index contributed by atoms with van der Waals surface area (Å²) in [6, 6.07) is 8.32. The minimum absolute atomic E-state index is 0.126. The number of hydrogen-bond acceptors (Lipinski definition) is 0. The van der Waals surface area contributed by atoms with Gasteiger partial charge in [0.2, 0.25) is 5.92 Å². The summed E-state index contributed by atoms with van der Waals surface area (Å²) in [5.41, 5.74) is 4.38. The lowest BCUT2D eigenvalue weighted by Gasteiger charge is -2.53. The van der Waals surface area contributed by atoms with Crippen LogP contribution in [0.5, 0.6) is 0 Å². The van der Waals surface area contributed by atoms with Crippen LogP contribution in [-0.4, -0.2) is 5.92 Å². The van der Waals surface area contributed by atoms with Gasteiger partial charge in [-0.15, -0.1) is 0 Å². The van der Waals surface area contributed by atoms with Gasteiger partial charge in [0.25, 0.3) is 0 Å². The summed E-state index contributed by atoms with van der Waals surface area (Å²) in [5.74, 6) is -1.39. The summed E-state index contributed by atoms with van der Waals surface area (Å²) in [5, 5.41) is 0. The van der Waals surface area contributed by atoms with Crippen molar-refractivity contribution < 1.29 is 8.78 Å². The fourth-order valence-electron chi connectivity index (χ4n) is 5.41. The second-order valence-corrected chi connectivity index (χ2v) is 14.2. The second kappa shape index (κ2) is 14.8. The van der Waals surface area contributed by atoms with Gasteiger partial charge in [-0.05, 0) is 78.2 Å². The Kier molecular flexibility index (Phi) is 13.5. The first-order valence-electron chi connectivity index (χ1n) is 15.2. The molecule has 38 heavy (non-hydrogen) atoms. The van der Waals surface area contributed by atoms with E-state index in [2.05, 4.69) is 74.4 Å². The fraction of sp³-hybridized carbons (Fsp3) is 0.722. The summed E-state index contributed by atoms with van der Waals surface area (Å²) in [4.78, 5) is 0. The Balaban J connectivity index is 2.44. The van der Waals surface area contributed by atoms with Crippen LogP contribution in [0, 0.1) is 28.1 Å². The molecule has 0 N–H and O–H groups in total. The lowest BCUT2D eigenvalue weighted by atomic mass is 9.52. The van der Waals surface area contributed by atoms with Gasteiger partial charge in [0, 0.05) is 6.42 Å². The average molecular weight is 531 g/mol. The number of halogens is 2. The van der Waals surface area contributed by atoms with Crippen LogP contribution >= 0.6 is 0 Å². The molecular formula is C36H60F2. The van der Waals surface area contributed by atoms with Crippen molar-refractivity contribution >= 4 is 6.08 Å². The van der Waals surface area contributed by atoms with Gasteiger partial charge in [-0.2, -0.15) is 0 Å². The third kappa shape index (κ3) is 11.0. The van der Waals surface area contributed by atoms with E-state index in [1.165, 1.54) is 56.1 Å². The molecule has 0 bridgehead atoms. The van der Waals surface area contributed by atoms with E-state index in [4.69, 9.17) is 6.58 Å². The van der Waals surface area contributed by atoms with Crippen LogP contribution in [0.2, 0.25) is 0 Å². The number of alkyl halides is 2. The minimum atomic E-state index is -2.64. The summed E-state index contributed by atoms with van der Waals surface area (Å²) >= 11 is 0. The molecule has 0 saturated heterocycles. The molecule has 218 valence electrons. The van der Waals surface area contributed by atoms with Gasteiger partial charge in [0.1, 0.15) is 0 Å². The van der Waals surface area contributed by atoms with Crippen LogP contribution < -0.4 is 0 Å². The number of aryl methyl sites for hydroxylation is 1. The van der Waals surface area contributed by atoms with Crippen LogP contribution in [-0.2, 0) is 6.42 Å². The van der Waals surface area contributed by atoms with E-state index in [0.717, 1.165) is 25.3 Å². The molecule has 0 radical (unpaired) electrons. The molecule has 1 atom stereocenters. The number of hydrogen-bond donors (Lipinski definition) is 0. The van der Waals surface area contributed by atoms with E-state index in [-0.39, 0.29) is 22.7 Å². The van der Waals surface area contributed by atoms with Crippen LogP contribution in [0.1, 0.15) is 138 Å². The predicted octanol–water partition coefficient (Wildman–Crippen LogP) is 12.3. The van der Waals surface area contributed by atoms with Gasteiger partial charge in [-0.1, -0.05) is 137 Å². The molecule has 1 rings (SSSR count). The first-order chi connectivity index (χ1) is 17.4. The Morgan fingerprint density at radius 3 is 1.82 bits per heavy atom. The molecule has 2 heteroatoms. The van der Waals surface area contributed by atoms with Crippen molar-refractivity contribution in [3.05, 3.63) is 53.6 Å². The third-order valence-corrected chi connectivity index (χ3v) is 9.98. The lowest BCUT2D eigenvalue weighted by molar-refractivity contribution is 0.0132. The van der Waals surface area contributed by atoms with Crippen molar-refractivity contribution in [2.45, 2.75) is 139 Å². The summed E-state index contributed by atoms with van der Waals surface area (Å²) < 4.78 is 25.9. The van der Waals surface area contributed by atoms with E-state index in [0.29, 0.717) is 11.8 Å². The average Bonchev–Trinajstić information content (AvgIpc) is 2.80. The topological polar surface area (TPSA) is 0 Å². The van der Waals surface area contributed by atoms with Gasteiger partial charge in [-0.3, -0.25) is 0 Å². The maximum absolute atomic E-state index is 12.9. The zero-order chi connectivity index (χ0) is 29.2. The highest BCUT2D eigenvalue weighted by molar-refractivity contribution is 5.49. The molecule has 0 heterocycles. The molecule has 1 aromatic carbocycles. The first-order valence-corrected chi connectivity index (χ1v) is 15.2. The molecule has 0 fully saturated rings. The Morgan fingerprint density at radius 1 is 0.789 bits per heavy atom. The molecule has 0 aromatic heterocycles. The quantitative estimate of drug-likeness (QED) is 0.131. The van der Waals surface area contributed by atoms with Crippen LogP contribution in [0.3, 0.4) is 0 Å². The Hall–Kier alpha value is -1.44. The lowest BCUT2D eigenvalue weighted by Crippen LogP contribution is -2.44. The molecule has 0 aliphatic rings. The zero-order valence-corrected chi connectivity index (χ0v) is 26.7. The summed E-state index contributed by atoms with van der Waals surface area (Å²) in [6.07, 6.45) is 14.1. The molecular weight excluding hydrogens is 470 g/mol. The van der Waals surface area contributed by atoms with Gasteiger partial charge in [-0.25, -0.2) is 8.78 Å². The van der Waals surface area contributed by atoms with Crippen molar-refractivity contribution in [3.8, 4) is 0 Å². The highest BCUT2D eigenvalue weighted by atomic mass is 19.3. The van der Waals surface area contributed by atoms with Crippen molar-refractivity contribution in [1.82, 2.24) is 0 Å². The molecule has 0 saturated carbocycles. The van der Waals surface area contributed by atoms with Gasteiger partial charge >= 0.3 is 0 Å². The second-order valence-electron chi connectivity index (χ2n) is 14.2.